The van der Waals surface area contributed by atoms with Crippen LogP contribution in [0.15, 0.2) is 18.2 Å². The first kappa shape index (κ1) is 12.5. The summed E-state index contributed by atoms with van der Waals surface area (Å²) < 4.78 is 16.1. The van der Waals surface area contributed by atoms with Gasteiger partial charge in [-0.05, 0) is 30.5 Å². The van der Waals surface area contributed by atoms with Crippen molar-refractivity contribution in [1.29, 1.82) is 0 Å². The Hall–Kier alpha value is -1.55. The first-order chi connectivity index (χ1) is 9.33. The lowest BCUT2D eigenvalue weighted by Crippen LogP contribution is -2.17. The van der Waals surface area contributed by atoms with Gasteiger partial charge in [-0.2, -0.15) is 0 Å². The van der Waals surface area contributed by atoms with Crippen LogP contribution < -0.4 is 9.47 Å². The maximum atomic E-state index is 11.9. The van der Waals surface area contributed by atoms with Crippen LogP contribution in [0.5, 0.6) is 11.5 Å². The van der Waals surface area contributed by atoms with Gasteiger partial charge in [0.05, 0.1) is 6.61 Å². The fourth-order valence-corrected chi connectivity index (χ4v) is 2.67. The zero-order valence-electron chi connectivity index (χ0n) is 10.9. The molecule has 102 valence electrons. The molecule has 1 saturated carbocycles. The summed E-state index contributed by atoms with van der Waals surface area (Å²) >= 11 is 0. The molecule has 0 radical (unpaired) electrons. The minimum Gasteiger partial charge on any atom is -0.454 e. The van der Waals surface area contributed by atoms with Crippen LogP contribution in [0.3, 0.4) is 0 Å². The highest BCUT2D eigenvalue weighted by atomic mass is 16.7. The third kappa shape index (κ3) is 2.89. The van der Waals surface area contributed by atoms with Gasteiger partial charge in [-0.25, -0.2) is 0 Å². The van der Waals surface area contributed by atoms with Gasteiger partial charge in [-0.3, -0.25) is 4.79 Å². The van der Waals surface area contributed by atoms with Gasteiger partial charge in [0.25, 0.3) is 0 Å². The van der Waals surface area contributed by atoms with E-state index in [4.69, 9.17) is 14.2 Å². The zero-order chi connectivity index (χ0) is 13.1. The first-order valence-electron chi connectivity index (χ1n) is 6.82. The lowest BCUT2D eigenvalue weighted by Gasteiger charge is -2.08. The van der Waals surface area contributed by atoms with Gasteiger partial charge in [0.15, 0.2) is 17.3 Å². The summed E-state index contributed by atoms with van der Waals surface area (Å²) in [5.41, 5.74) is 1.00. The number of hydrogen-bond donors (Lipinski definition) is 0. The van der Waals surface area contributed by atoms with Crippen LogP contribution in [0.1, 0.15) is 31.2 Å². The number of fused-ring (bicyclic) bond motifs is 1. The van der Waals surface area contributed by atoms with E-state index in [0.29, 0.717) is 6.61 Å². The van der Waals surface area contributed by atoms with Crippen molar-refractivity contribution >= 4 is 5.78 Å². The number of ketones is 1. The maximum Gasteiger partial charge on any atom is 0.231 e. The smallest absolute Gasteiger partial charge is 0.231 e. The van der Waals surface area contributed by atoms with E-state index in [9.17, 15) is 4.79 Å². The molecule has 0 saturated heterocycles. The molecule has 1 fully saturated rings. The molecule has 0 atom stereocenters. The van der Waals surface area contributed by atoms with E-state index in [2.05, 4.69) is 0 Å². The van der Waals surface area contributed by atoms with Crippen molar-refractivity contribution in [1.82, 2.24) is 0 Å². The van der Waals surface area contributed by atoms with Gasteiger partial charge in [-0.15, -0.1) is 0 Å². The van der Waals surface area contributed by atoms with Crippen molar-refractivity contribution in [2.45, 2.75) is 32.3 Å². The molecular formula is C15H18O4. The van der Waals surface area contributed by atoms with Crippen molar-refractivity contribution in [2.75, 3.05) is 13.4 Å². The number of ether oxygens (including phenoxy) is 3. The molecule has 2 aliphatic rings. The van der Waals surface area contributed by atoms with Crippen LogP contribution in [-0.2, 0) is 16.1 Å². The predicted octanol–water partition coefficient (Wildman–Crippen LogP) is 2.69. The highest BCUT2D eigenvalue weighted by Crippen LogP contribution is 2.32. The Kier molecular flexibility index (Phi) is 3.69. The summed E-state index contributed by atoms with van der Waals surface area (Å²) in [5.74, 6) is 2.00. The topological polar surface area (TPSA) is 44.8 Å². The lowest BCUT2D eigenvalue weighted by atomic mass is 10.0. The Morgan fingerprint density at radius 1 is 1.21 bits per heavy atom. The standard InChI is InChI=1S/C15H18O4/c16-13(12-3-1-2-4-12)9-17-8-11-5-6-14-15(7-11)19-10-18-14/h5-7,12H,1-4,8-10H2. The molecule has 1 aromatic rings. The summed E-state index contributed by atoms with van der Waals surface area (Å²) in [6.07, 6.45) is 4.43. The second-order valence-corrected chi connectivity index (χ2v) is 5.13. The highest BCUT2D eigenvalue weighted by Gasteiger charge is 2.22. The summed E-state index contributed by atoms with van der Waals surface area (Å²) in [6, 6.07) is 5.72. The Labute approximate surface area is 112 Å². The number of carbonyl (C=O) groups excluding carboxylic acids is 1. The molecule has 1 aromatic carbocycles. The molecule has 4 nitrogen and oxygen atoms in total. The van der Waals surface area contributed by atoms with Crippen molar-refractivity contribution in [2.24, 2.45) is 5.92 Å². The second kappa shape index (κ2) is 5.61. The molecule has 3 rings (SSSR count). The van der Waals surface area contributed by atoms with Gasteiger partial charge in [0, 0.05) is 5.92 Å². The Morgan fingerprint density at radius 2 is 2.00 bits per heavy atom. The lowest BCUT2D eigenvalue weighted by molar-refractivity contribution is -0.127. The van der Waals surface area contributed by atoms with E-state index < -0.39 is 0 Å². The zero-order valence-corrected chi connectivity index (χ0v) is 10.9. The van der Waals surface area contributed by atoms with Crippen LogP contribution >= 0.6 is 0 Å². The van der Waals surface area contributed by atoms with E-state index in [0.717, 1.165) is 29.9 Å². The van der Waals surface area contributed by atoms with Crippen LogP contribution in [-0.4, -0.2) is 19.2 Å². The van der Waals surface area contributed by atoms with Gasteiger partial charge >= 0.3 is 0 Å². The van der Waals surface area contributed by atoms with Gasteiger partial charge in [-0.1, -0.05) is 18.9 Å². The van der Waals surface area contributed by atoms with Gasteiger partial charge in [0.2, 0.25) is 6.79 Å². The Balaban J connectivity index is 1.48. The van der Waals surface area contributed by atoms with Crippen LogP contribution in [0, 0.1) is 5.92 Å². The Morgan fingerprint density at radius 3 is 2.84 bits per heavy atom. The predicted molar refractivity (Wildman–Crippen MR) is 69.2 cm³/mol. The molecule has 19 heavy (non-hydrogen) atoms. The molecular weight excluding hydrogens is 244 g/mol. The Bertz CT molecular complexity index is 463. The number of carbonyl (C=O) groups is 1. The van der Waals surface area contributed by atoms with E-state index in [-0.39, 0.29) is 25.1 Å². The molecule has 1 aliphatic heterocycles. The summed E-state index contributed by atoms with van der Waals surface area (Å²) in [4.78, 5) is 11.9. The molecule has 4 heteroatoms. The number of hydrogen-bond acceptors (Lipinski definition) is 4. The number of rotatable bonds is 5. The molecule has 0 bridgehead atoms. The van der Waals surface area contributed by atoms with Gasteiger partial charge < -0.3 is 14.2 Å². The number of Topliss-reactive ketones (excluding diaryl/α,β-unsaturated/α-hetero) is 1. The molecule has 0 N–H and O–H groups in total. The van der Waals surface area contributed by atoms with Crippen LogP contribution in [0.4, 0.5) is 0 Å². The van der Waals surface area contributed by atoms with Crippen LogP contribution in [0.25, 0.3) is 0 Å². The average molecular weight is 262 g/mol. The van der Waals surface area contributed by atoms with E-state index in [1.165, 1.54) is 12.8 Å². The molecule has 0 aromatic heterocycles. The van der Waals surface area contributed by atoms with Crippen LogP contribution in [0.2, 0.25) is 0 Å². The van der Waals surface area contributed by atoms with Crippen molar-refractivity contribution in [3.05, 3.63) is 23.8 Å². The summed E-state index contributed by atoms with van der Waals surface area (Å²) in [6.45, 7) is 0.939. The maximum absolute atomic E-state index is 11.9. The van der Waals surface area contributed by atoms with E-state index in [1.54, 1.807) is 0 Å². The monoisotopic (exact) mass is 262 g/mol. The van der Waals surface area contributed by atoms with Gasteiger partial charge in [0.1, 0.15) is 6.61 Å². The average Bonchev–Trinajstić information content (AvgIpc) is 3.09. The van der Waals surface area contributed by atoms with Crippen molar-refractivity contribution < 1.29 is 19.0 Å². The van der Waals surface area contributed by atoms with Crippen molar-refractivity contribution in [3.63, 3.8) is 0 Å². The number of benzene rings is 1. The largest absolute Gasteiger partial charge is 0.454 e. The molecule has 1 aliphatic carbocycles. The van der Waals surface area contributed by atoms with E-state index >= 15 is 0 Å². The minimum absolute atomic E-state index is 0.221. The normalized spacial score (nSPS) is 17.9. The summed E-state index contributed by atoms with van der Waals surface area (Å²) in [5, 5.41) is 0. The first-order valence-corrected chi connectivity index (χ1v) is 6.82. The van der Waals surface area contributed by atoms with E-state index in [1.807, 2.05) is 18.2 Å². The fourth-order valence-electron chi connectivity index (χ4n) is 2.67. The minimum atomic E-state index is 0.221. The highest BCUT2D eigenvalue weighted by molar-refractivity contribution is 5.82. The third-order valence-electron chi connectivity index (χ3n) is 3.76. The molecule has 1 heterocycles. The molecule has 0 amide bonds. The second-order valence-electron chi connectivity index (χ2n) is 5.13. The SMILES string of the molecule is O=C(COCc1ccc2c(c1)OCO2)C1CCCC1. The van der Waals surface area contributed by atoms with Crippen molar-refractivity contribution in [3.8, 4) is 11.5 Å². The third-order valence-corrected chi connectivity index (χ3v) is 3.76. The fraction of sp³-hybridized carbons (Fsp3) is 0.533. The molecule has 0 unspecified atom stereocenters. The molecule has 0 spiro atoms. The summed E-state index contributed by atoms with van der Waals surface area (Å²) in [7, 11) is 0. The quantitative estimate of drug-likeness (QED) is 0.818.